The molecule has 10 aromatic rings. The lowest BCUT2D eigenvalue weighted by Crippen LogP contribution is -2.10. The predicted octanol–water partition coefficient (Wildman–Crippen LogP) is 14.9. The molecule has 0 radical (unpaired) electrons. The standard InChI is InChI=1S/C52H38/c1-52(2,3)37-28-29-46-49(32-37)50(34-26-24-33(25-27-34)47-30-35-14-4-6-16-38(35)40-18-8-10-20-42(40)47)44-22-12-13-23-45(44)51(46)48-31-36-15-5-7-17-39(36)41-19-9-11-21-43(41)48/h4-32H,1-3H3. The van der Waals surface area contributed by atoms with Crippen LogP contribution in [0.25, 0.3) is 98.0 Å². The van der Waals surface area contributed by atoms with Crippen molar-refractivity contribution in [2.45, 2.75) is 26.2 Å². The molecule has 0 N–H and O–H groups in total. The normalized spacial score (nSPS) is 12.1. The minimum absolute atomic E-state index is 0.00785. The highest BCUT2D eigenvalue weighted by atomic mass is 14.3. The second kappa shape index (κ2) is 11.7. The topological polar surface area (TPSA) is 0 Å². The van der Waals surface area contributed by atoms with E-state index in [0.29, 0.717) is 0 Å². The van der Waals surface area contributed by atoms with Gasteiger partial charge in [0.15, 0.2) is 0 Å². The van der Waals surface area contributed by atoms with Gasteiger partial charge in [-0.15, -0.1) is 0 Å². The van der Waals surface area contributed by atoms with Gasteiger partial charge < -0.3 is 0 Å². The Morgan fingerprint density at radius 2 is 0.712 bits per heavy atom. The number of rotatable bonds is 3. The Labute approximate surface area is 304 Å². The molecule has 10 aromatic carbocycles. The smallest absolute Gasteiger partial charge is 0.00199 e. The molecule has 0 saturated heterocycles. The molecule has 0 amide bonds. The first-order chi connectivity index (χ1) is 25.4. The lowest BCUT2D eigenvalue weighted by molar-refractivity contribution is 0.591. The summed E-state index contributed by atoms with van der Waals surface area (Å²) >= 11 is 0. The minimum atomic E-state index is 0.00785. The van der Waals surface area contributed by atoms with Gasteiger partial charge in [-0.05, 0) is 127 Å². The molecule has 0 spiro atoms. The quantitative estimate of drug-likeness (QED) is 0.130. The van der Waals surface area contributed by atoms with Crippen LogP contribution in [0, 0.1) is 0 Å². The zero-order valence-corrected chi connectivity index (χ0v) is 29.7. The SMILES string of the molecule is CC(C)(C)c1ccc2c(-c3cc4ccccc4c4ccccc34)c3ccccc3c(-c3ccc(-c4cc5ccccc5c5ccccc45)cc3)c2c1. The summed E-state index contributed by atoms with van der Waals surface area (Å²) in [6, 6.07) is 65.6. The van der Waals surface area contributed by atoms with E-state index in [1.807, 2.05) is 0 Å². The van der Waals surface area contributed by atoms with Crippen LogP contribution in [0.5, 0.6) is 0 Å². The highest BCUT2D eigenvalue weighted by molar-refractivity contribution is 6.26. The minimum Gasteiger partial charge on any atom is -0.0616 e. The Morgan fingerprint density at radius 3 is 1.29 bits per heavy atom. The van der Waals surface area contributed by atoms with Gasteiger partial charge in [0, 0.05) is 0 Å². The molecule has 0 heteroatoms. The third kappa shape index (κ3) is 4.75. The summed E-state index contributed by atoms with van der Waals surface area (Å²) in [6.45, 7) is 6.94. The van der Waals surface area contributed by atoms with Crippen LogP contribution in [-0.4, -0.2) is 0 Å². The van der Waals surface area contributed by atoms with Crippen molar-refractivity contribution in [3.05, 3.63) is 181 Å². The fraction of sp³-hybridized carbons (Fsp3) is 0.0769. The van der Waals surface area contributed by atoms with E-state index in [-0.39, 0.29) is 5.41 Å². The molecule has 0 aliphatic carbocycles. The first kappa shape index (κ1) is 30.6. The Balaban J connectivity index is 1.26. The van der Waals surface area contributed by atoms with Crippen molar-refractivity contribution in [3.8, 4) is 33.4 Å². The molecule has 0 unspecified atom stereocenters. The maximum atomic E-state index is 2.47. The average molecular weight is 663 g/mol. The number of fused-ring (bicyclic) bond motifs is 8. The average Bonchev–Trinajstić information content (AvgIpc) is 3.19. The highest BCUT2D eigenvalue weighted by Gasteiger charge is 2.22. The molecular weight excluding hydrogens is 625 g/mol. The largest absolute Gasteiger partial charge is 0.0616 e. The van der Waals surface area contributed by atoms with Crippen LogP contribution in [0.15, 0.2) is 176 Å². The van der Waals surface area contributed by atoms with Crippen molar-refractivity contribution in [2.24, 2.45) is 0 Å². The van der Waals surface area contributed by atoms with E-state index in [9.17, 15) is 0 Å². The highest BCUT2D eigenvalue weighted by Crippen LogP contribution is 2.48. The molecule has 0 aliphatic heterocycles. The maximum absolute atomic E-state index is 2.47. The fourth-order valence-electron chi connectivity index (χ4n) is 8.62. The predicted molar refractivity (Wildman–Crippen MR) is 226 cm³/mol. The van der Waals surface area contributed by atoms with Crippen LogP contribution in [0.4, 0.5) is 0 Å². The van der Waals surface area contributed by atoms with Crippen molar-refractivity contribution in [1.82, 2.24) is 0 Å². The van der Waals surface area contributed by atoms with E-state index in [1.165, 1.54) is 104 Å². The Kier molecular flexibility index (Phi) is 6.85. The van der Waals surface area contributed by atoms with Crippen LogP contribution in [0.2, 0.25) is 0 Å². The van der Waals surface area contributed by atoms with E-state index in [4.69, 9.17) is 0 Å². The summed E-state index contributed by atoms with van der Waals surface area (Å²) in [7, 11) is 0. The molecule has 0 heterocycles. The van der Waals surface area contributed by atoms with Crippen LogP contribution in [-0.2, 0) is 5.41 Å². The van der Waals surface area contributed by atoms with Gasteiger partial charge in [-0.1, -0.05) is 178 Å². The van der Waals surface area contributed by atoms with Gasteiger partial charge in [-0.3, -0.25) is 0 Å². The van der Waals surface area contributed by atoms with E-state index in [1.54, 1.807) is 0 Å². The van der Waals surface area contributed by atoms with Crippen LogP contribution >= 0.6 is 0 Å². The molecule has 0 bridgehead atoms. The summed E-state index contributed by atoms with van der Waals surface area (Å²) in [5, 5.41) is 15.4. The number of benzene rings is 10. The zero-order valence-electron chi connectivity index (χ0n) is 29.7. The van der Waals surface area contributed by atoms with Crippen LogP contribution in [0.3, 0.4) is 0 Å². The molecule has 10 rings (SSSR count). The third-order valence-corrected chi connectivity index (χ3v) is 11.2. The van der Waals surface area contributed by atoms with Gasteiger partial charge in [-0.2, -0.15) is 0 Å². The van der Waals surface area contributed by atoms with Crippen LogP contribution in [0.1, 0.15) is 26.3 Å². The molecular formula is C52H38. The maximum Gasteiger partial charge on any atom is -0.00199 e. The lowest BCUT2D eigenvalue weighted by Gasteiger charge is -2.23. The Hall–Kier alpha value is -6.24. The Morgan fingerprint density at radius 1 is 0.288 bits per heavy atom. The van der Waals surface area contributed by atoms with E-state index in [2.05, 4.69) is 197 Å². The first-order valence-corrected chi connectivity index (χ1v) is 18.4. The van der Waals surface area contributed by atoms with Gasteiger partial charge >= 0.3 is 0 Å². The van der Waals surface area contributed by atoms with Crippen LogP contribution < -0.4 is 0 Å². The Bertz CT molecular complexity index is 3030. The molecule has 0 fully saturated rings. The number of hydrogen-bond acceptors (Lipinski definition) is 0. The van der Waals surface area contributed by atoms with Gasteiger partial charge in [0.05, 0.1) is 0 Å². The van der Waals surface area contributed by atoms with Gasteiger partial charge in [0.1, 0.15) is 0 Å². The first-order valence-electron chi connectivity index (χ1n) is 18.4. The second-order valence-electron chi connectivity index (χ2n) is 15.3. The van der Waals surface area contributed by atoms with Crippen molar-refractivity contribution < 1.29 is 0 Å². The van der Waals surface area contributed by atoms with Crippen molar-refractivity contribution in [2.75, 3.05) is 0 Å². The molecule has 0 aromatic heterocycles. The van der Waals surface area contributed by atoms with Crippen molar-refractivity contribution in [3.63, 3.8) is 0 Å². The molecule has 0 nitrogen and oxygen atoms in total. The van der Waals surface area contributed by atoms with Gasteiger partial charge in [0.2, 0.25) is 0 Å². The second-order valence-corrected chi connectivity index (χ2v) is 15.3. The molecule has 0 aliphatic rings. The molecule has 52 heavy (non-hydrogen) atoms. The van der Waals surface area contributed by atoms with E-state index in [0.717, 1.165) is 0 Å². The fourth-order valence-corrected chi connectivity index (χ4v) is 8.62. The van der Waals surface area contributed by atoms with E-state index < -0.39 is 0 Å². The van der Waals surface area contributed by atoms with Crippen molar-refractivity contribution in [1.29, 1.82) is 0 Å². The van der Waals surface area contributed by atoms with Gasteiger partial charge in [-0.25, -0.2) is 0 Å². The van der Waals surface area contributed by atoms with E-state index >= 15 is 0 Å². The molecule has 0 atom stereocenters. The summed E-state index contributed by atoms with van der Waals surface area (Å²) in [4.78, 5) is 0. The molecule has 0 saturated carbocycles. The monoisotopic (exact) mass is 662 g/mol. The zero-order chi connectivity index (χ0) is 35.0. The summed E-state index contributed by atoms with van der Waals surface area (Å²) in [5.41, 5.74) is 8.95. The third-order valence-electron chi connectivity index (χ3n) is 11.2. The summed E-state index contributed by atoms with van der Waals surface area (Å²) < 4.78 is 0. The van der Waals surface area contributed by atoms with Crippen molar-refractivity contribution >= 4 is 64.6 Å². The number of hydrogen-bond donors (Lipinski definition) is 0. The molecule has 246 valence electrons. The summed E-state index contributed by atoms with van der Waals surface area (Å²) in [5.74, 6) is 0. The summed E-state index contributed by atoms with van der Waals surface area (Å²) in [6.07, 6.45) is 0. The van der Waals surface area contributed by atoms with Gasteiger partial charge in [0.25, 0.3) is 0 Å². The lowest BCUT2D eigenvalue weighted by atomic mass is 9.80.